The van der Waals surface area contributed by atoms with Crippen molar-refractivity contribution in [1.29, 1.82) is 0 Å². The molecule has 5 heteroatoms. The molecule has 0 rings (SSSR count). The van der Waals surface area contributed by atoms with Crippen LogP contribution in [-0.2, 0) is 4.74 Å². The molecule has 2 N–H and O–H groups in total. The van der Waals surface area contributed by atoms with E-state index in [1.54, 1.807) is 6.26 Å². The van der Waals surface area contributed by atoms with Crippen molar-refractivity contribution >= 4 is 23.0 Å². The zero-order chi connectivity index (χ0) is 7.28. The monoisotopic (exact) mass is 148 g/mol. The van der Waals surface area contributed by atoms with Crippen LogP contribution in [0, 0.1) is 0 Å². The van der Waals surface area contributed by atoms with Crippen LogP contribution in [-0.4, -0.2) is 24.6 Å². The summed E-state index contributed by atoms with van der Waals surface area (Å²) in [6.45, 7) is 0. The van der Waals surface area contributed by atoms with Crippen molar-refractivity contribution in [2.75, 3.05) is 13.4 Å². The second-order valence-corrected chi connectivity index (χ2v) is 1.88. The van der Waals surface area contributed by atoms with Crippen molar-refractivity contribution < 1.29 is 9.53 Å². The van der Waals surface area contributed by atoms with Gasteiger partial charge in [0.15, 0.2) is 0 Å². The quantitative estimate of drug-likeness (QED) is 0.399. The highest BCUT2D eigenvalue weighted by Crippen LogP contribution is 1.96. The number of methoxy groups -OCH3 is 1. The van der Waals surface area contributed by atoms with Crippen LogP contribution in [0.3, 0.4) is 0 Å². The molecule has 0 spiro atoms. The van der Waals surface area contributed by atoms with Crippen molar-refractivity contribution in [3.05, 3.63) is 0 Å². The summed E-state index contributed by atoms with van der Waals surface area (Å²) in [6, 6.07) is -0.102. The largest absolute Gasteiger partial charge is 0.468 e. The number of carbonyl (C=O) groups is 1. The summed E-state index contributed by atoms with van der Waals surface area (Å²) in [4.78, 5) is 13.7. The van der Waals surface area contributed by atoms with Gasteiger partial charge < -0.3 is 10.5 Å². The summed E-state index contributed by atoms with van der Waals surface area (Å²) < 4.78 is 4.42. The Morgan fingerprint density at radius 3 is 2.67 bits per heavy atom. The molecule has 0 bridgehead atoms. The summed E-state index contributed by atoms with van der Waals surface area (Å²) >= 11 is 0.982. The molecule has 0 aromatic heterocycles. The lowest BCUT2D eigenvalue weighted by Gasteiger charge is -1.92. The molecule has 0 aliphatic carbocycles. The molecule has 4 nitrogen and oxygen atoms in total. The molecule has 1 amide bonds. The lowest BCUT2D eigenvalue weighted by Crippen LogP contribution is -2.14. The molecule has 0 aromatic rings. The number of ether oxygens (including phenoxy) is 1. The van der Waals surface area contributed by atoms with E-state index in [4.69, 9.17) is 5.73 Å². The maximum Gasteiger partial charge on any atom is 0.309 e. The van der Waals surface area contributed by atoms with Gasteiger partial charge in [0.25, 0.3) is 6.02 Å². The SMILES string of the molecule is COC(N)=NC(=O)SC. The molecule has 0 saturated carbocycles. The molecule has 0 aliphatic heterocycles. The molecule has 0 aliphatic rings. The van der Waals surface area contributed by atoms with Gasteiger partial charge >= 0.3 is 5.24 Å². The Hall–Kier alpha value is -0.710. The molecule has 0 atom stereocenters. The average molecular weight is 148 g/mol. The van der Waals surface area contributed by atoms with E-state index in [9.17, 15) is 4.79 Å². The van der Waals surface area contributed by atoms with Crippen LogP contribution in [0.2, 0.25) is 0 Å². The molecule has 0 aromatic carbocycles. The first-order chi connectivity index (χ1) is 4.20. The van der Waals surface area contributed by atoms with Gasteiger partial charge in [-0.2, -0.15) is 4.99 Å². The Kier molecular flexibility index (Phi) is 3.87. The van der Waals surface area contributed by atoms with Crippen LogP contribution >= 0.6 is 11.8 Å². The van der Waals surface area contributed by atoms with E-state index in [1.807, 2.05) is 0 Å². The molecule has 0 unspecified atom stereocenters. The van der Waals surface area contributed by atoms with Crippen molar-refractivity contribution in [1.82, 2.24) is 0 Å². The van der Waals surface area contributed by atoms with Gasteiger partial charge in [-0.3, -0.25) is 4.79 Å². The molecular formula is C4H8N2O2S. The lowest BCUT2D eigenvalue weighted by atomic mass is 11.1. The molecule has 0 radical (unpaired) electrons. The van der Waals surface area contributed by atoms with Crippen LogP contribution in [0.15, 0.2) is 4.99 Å². The Balaban J connectivity index is 3.79. The van der Waals surface area contributed by atoms with E-state index in [0.29, 0.717) is 0 Å². The summed E-state index contributed by atoms with van der Waals surface area (Å²) in [6.07, 6.45) is 1.62. The minimum Gasteiger partial charge on any atom is -0.468 e. The zero-order valence-electron chi connectivity index (χ0n) is 5.25. The van der Waals surface area contributed by atoms with Gasteiger partial charge in [0.1, 0.15) is 0 Å². The standard InChI is InChI=1S/C4H8N2O2S/c1-8-3(5)6-4(7)9-2/h1-2H3,(H2,5,6,7). The summed E-state index contributed by atoms with van der Waals surface area (Å²) in [5, 5.41) is -0.352. The third-order valence-electron chi connectivity index (χ3n) is 0.585. The fraction of sp³-hybridized carbons (Fsp3) is 0.500. The first-order valence-electron chi connectivity index (χ1n) is 2.16. The molecule has 0 fully saturated rings. The first-order valence-corrected chi connectivity index (χ1v) is 3.39. The third kappa shape index (κ3) is 3.84. The number of nitrogens with zero attached hydrogens (tertiary/aromatic N) is 1. The van der Waals surface area contributed by atoms with Gasteiger partial charge in [0, 0.05) is 0 Å². The van der Waals surface area contributed by atoms with Gasteiger partial charge in [-0.15, -0.1) is 0 Å². The Bertz CT molecular complexity index is 135. The highest BCUT2D eigenvalue weighted by Gasteiger charge is 1.95. The number of rotatable bonds is 0. The molecular weight excluding hydrogens is 140 g/mol. The lowest BCUT2D eigenvalue weighted by molar-refractivity contribution is 0.266. The number of aliphatic imine (C=N–C) groups is 1. The van der Waals surface area contributed by atoms with E-state index in [2.05, 4.69) is 9.73 Å². The van der Waals surface area contributed by atoms with Crippen LogP contribution in [0.25, 0.3) is 0 Å². The molecule has 52 valence electrons. The third-order valence-corrected chi connectivity index (χ3v) is 1.03. The van der Waals surface area contributed by atoms with Gasteiger partial charge in [-0.1, -0.05) is 11.8 Å². The van der Waals surface area contributed by atoms with E-state index < -0.39 is 0 Å². The van der Waals surface area contributed by atoms with Crippen LogP contribution in [0.5, 0.6) is 0 Å². The molecule has 0 saturated heterocycles. The predicted octanol–water partition coefficient (Wildman–Crippen LogP) is 0.431. The van der Waals surface area contributed by atoms with Gasteiger partial charge in [0.05, 0.1) is 7.11 Å². The zero-order valence-corrected chi connectivity index (χ0v) is 6.07. The number of amidine groups is 1. The van der Waals surface area contributed by atoms with Crippen LogP contribution < -0.4 is 5.73 Å². The van der Waals surface area contributed by atoms with Gasteiger partial charge in [-0.05, 0) is 6.26 Å². The number of hydrogen-bond donors (Lipinski definition) is 1. The fourth-order valence-electron chi connectivity index (χ4n) is 0.181. The number of hydrogen-bond acceptors (Lipinski definition) is 3. The topological polar surface area (TPSA) is 64.7 Å². The maximum atomic E-state index is 10.4. The molecule has 0 heterocycles. The second kappa shape index (κ2) is 4.20. The van der Waals surface area contributed by atoms with Gasteiger partial charge in [-0.25, -0.2) is 0 Å². The van der Waals surface area contributed by atoms with Crippen molar-refractivity contribution in [3.63, 3.8) is 0 Å². The van der Waals surface area contributed by atoms with Crippen LogP contribution in [0.4, 0.5) is 4.79 Å². The Morgan fingerprint density at radius 1 is 1.78 bits per heavy atom. The highest BCUT2D eigenvalue weighted by atomic mass is 32.2. The van der Waals surface area contributed by atoms with Gasteiger partial charge in [0.2, 0.25) is 0 Å². The maximum absolute atomic E-state index is 10.4. The van der Waals surface area contributed by atoms with E-state index in [1.165, 1.54) is 7.11 Å². The average Bonchev–Trinajstić information content (AvgIpc) is 1.87. The number of thioether (sulfide) groups is 1. The summed E-state index contributed by atoms with van der Waals surface area (Å²) in [7, 11) is 1.35. The fourth-order valence-corrected chi connectivity index (χ4v) is 0.363. The second-order valence-electron chi connectivity index (χ2n) is 1.12. The number of nitrogens with two attached hydrogens (primary N) is 1. The Morgan fingerprint density at radius 2 is 2.33 bits per heavy atom. The number of amides is 1. The predicted molar refractivity (Wildman–Crippen MR) is 37.5 cm³/mol. The van der Waals surface area contributed by atoms with E-state index >= 15 is 0 Å². The number of carbonyl (C=O) groups excluding carboxylic acids is 1. The molecule has 9 heavy (non-hydrogen) atoms. The summed E-state index contributed by atoms with van der Waals surface area (Å²) in [5.74, 6) is 0. The van der Waals surface area contributed by atoms with Crippen molar-refractivity contribution in [2.45, 2.75) is 0 Å². The Labute approximate surface area is 57.5 Å². The van der Waals surface area contributed by atoms with Crippen molar-refractivity contribution in [2.24, 2.45) is 10.7 Å². The minimum absolute atomic E-state index is 0.102. The smallest absolute Gasteiger partial charge is 0.309 e. The highest BCUT2D eigenvalue weighted by molar-refractivity contribution is 8.13. The minimum atomic E-state index is -0.352. The van der Waals surface area contributed by atoms with Crippen LogP contribution in [0.1, 0.15) is 0 Å². The summed E-state index contributed by atoms with van der Waals surface area (Å²) in [5.41, 5.74) is 5.04. The van der Waals surface area contributed by atoms with E-state index in [0.717, 1.165) is 11.8 Å². The van der Waals surface area contributed by atoms with E-state index in [-0.39, 0.29) is 11.3 Å². The normalized spacial score (nSPS) is 11.1. The first kappa shape index (κ1) is 8.29. The van der Waals surface area contributed by atoms with Crippen molar-refractivity contribution in [3.8, 4) is 0 Å².